The van der Waals surface area contributed by atoms with Gasteiger partial charge in [0.1, 0.15) is 6.29 Å². The lowest BCUT2D eigenvalue weighted by Gasteiger charge is -2.14. The van der Waals surface area contributed by atoms with Crippen molar-refractivity contribution in [3.8, 4) is 0 Å². The van der Waals surface area contributed by atoms with E-state index in [1.54, 1.807) is 6.92 Å². The van der Waals surface area contributed by atoms with Gasteiger partial charge in [-0.3, -0.25) is 9.69 Å². The molecule has 1 saturated heterocycles. The molecule has 4 heteroatoms. The lowest BCUT2D eigenvalue weighted by atomic mass is 10.1. The van der Waals surface area contributed by atoms with Gasteiger partial charge in [0.05, 0.1) is 6.61 Å². The van der Waals surface area contributed by atoms with Gasteiger partial charge in [-0.1, -0.05) is 30.3 Å². The molecule has 0 radical (unpaired) electrons. The van der Waals surface area contributed by atoms with Gasteiger partial charge in [-0.25, -0.2) is 0 Å². The number of ether oxygens (including phenoxy) is 1. The smallest absolute Gasteiger partial charge is 0.293 e. The number of likely N-dealkylation sites (tertiary alicyclic amines) is 1. The summed E-state index contributed by atoms with van der Waals surface area (Å²) >= 11 is 0. The van der Waals surface area contributed by atoms with E-state index in [4.69, 9.17) is 0 Å². The molecule has 0 amide bonds. The molecule has 4 nitrogen and oxygen atoms in total. The van der Waals surface area contributed by atoms with Crippen molar-refractivity contribution in [2.75, 3.05) is 19.7 Å². The maximum atomic E-state index is 10.6. The molecule has 1 atom stereocenters. The molecule has 0 aromatic heterocycles. The second-order valence-corrected chi connectivity index (χ2v) is 4.46. The number of carbonyl (C=O) groups is 2. The highest BCUT2D eigenvalue weighted by Crippen LogP contribution is 2.16. The fourth-order valence-electron chi connectivity index (χ4n) is 2.03. The first kappa shape index (κ1) is 15.4. The van der Waals surface area contributed by atoms with E-state index in [0.717, 1.165) is 32.3 Å². The van der Waals surface area contributed by atoms with Crippen molar-refractivity contribution in [2.24, 2.45) is 5.92 Å². The van der Waals surface area contributed by atoms with Crippen molar-refractivity contribution in [3.05, 3.63) is 35.9 Å². The van der Waals surface area contributed by atoms with Gasteiger partial charge in [-0.05, 0) is 25.5 Å². The topological polar surface area (TPSA) is 46.6 Å². The number of benzene rings is 1. The van der Waals surface area contributed by atoms with Crippen molar-refractivity contribution in [1.29, 1.82) is 0 Å². The van der Waals surface area contributed by atoms with E-state index in [1.165, 1.54) is 5.56 Å². The summed E-state index contributed by atoms with van der Waals surface area (Å²) in [6.07, 6.45) is 2.11. The highest BCUT2D eigenvalue weighted by atomic mass is 16.5. The van der Waals surface area contributed by atoms with Gasteiger partial charge < -0.3 is 9.53 Å². The van der Waals surface area contributed by atoms with Crippen LogP contribution in [-0.4, -0.2) is 37.4 Å². The highest BCUT2D eigenvalue weighted by molar-refractivity contribution is 5.54. The molecular weight excluding hydrogens is 242 g/mol. The van der Waals surface area contributed by atoms with E-state index in [0.29, 0.717) is 13.1 Å². The molecule has 2 rings (SSSR count). The van der Waals surface area contributed by atoms with Crippen molar-refractivity contribution in [1.82, 2.24) is 4.90 Å². The molecule has 1 aliphatic rings. The Balaban J connectivity index is 0.000000312. The molecule has 0 bridgehead atoms. The molecule has 1 aromatic rings. The summed E-state index contributed by atoms with van der Waals surface area (Å²) < 4.78 is 4.15. The third kappa shape index (κ3) is 6.15. The van der Waals surface area contributed by atoms with Crippen molar-refractivity contribution >= 4 is 12.8 Å². The number of hydrogen-bond donors (Lipinski definition) is 0. The van der Waals surface area contributed by atoms with Crippen LogP contribution in [0.4, 0.5) is 0 Å². The summed E-state index contributed by atoms with van der Waals surface area (Å²) in [7, 11) is 0. The molecule has 0 saturated carbocycles. The molecule has 1 aliphatic heterocycles. The van der Waals surface area contributed by atoms with E-state index in [2.05, 4.69) is 33.9 Å². The Kier molecular flexibility index (Phi) is 7.51. The minimum Gasteiger partial charge on any atom is -0.468 e. The molecule has 1 aromatic carbocycles. The van der Waals surface area contributed by atoms with Crippen LogP contribution in [0.25, 0.3) is 0 Å². The summed E-state index contributed by atoms with van der Waals surface area (Å²) in [6.45, 7) is 5.62. The van der Waals surface area contributed by atoms with Crippen molar-refractivity contribution in [3.63, 3.8) is 0 Å². The number of rotatable bonds is 5. The second kappa shape index (κ2) is 9.28. The van der Waals surface area contributed by atoms with Gasteiger partial charge in [0.25, 0.3) is 6.47 Å². The van der Waals surface area contributed by atoms with Crippen LogP contribution in [0.3, 0.4) is 0 Å². The minimum absolute atomic E-state index is 0.263. The van der Waals surface area contributed by atoms with Gasteiger partial charge in [0.15, 0.2) is 0 Å². The van der Waals surface area contributed by atoms with E-state index in [1.807, 2.05) is 6.07 Å². The Morgan fingerprint density at radius 3 is 2.53 bits per heavy atom. The summed E-state index contributed by atoms with van der Waals surface area (Å²) in [5.74, 6) is 0.263. The zero-order chi connectivity index (χ0) is 13.9. The van der Waals surface area contributed by atoms with Crippen LogP contribution in [-0.2, 0) is 20.9 Å². The molecule has 1 fully saturated rings. The lowest BCUT2D eigenvalue weighted by molar-refractivity contribution is -0.128. The number of aldehydes is 1. The largest absolute Gasteiger partial charge is 0.468 e. The first-order chi connectivity index (χ1) is 9.30. The Bertz CT molecular complexity index is 367. The SMILES string of the molecule is CCOC=O.O=C[C@H]1CCN(Cc2ccccc2)C1. The fourth-order valence-corrected chi connectivity index (χ4v) is 2.03. The van der Waals surface area contributed by atoms with Crippen LogP contribution in [0.1, 0.15) is 18.9 Å². The van der Waals surface area contributed by atoms with Gasteiger partial charge in [0.2, 0.25) is 0 Å². The maximum absolute atomic E-state index is 10.6. The Morgan fingerprint density at radius 1 is 1.32 bits per heavy atom. The molecule has 0 unspecified atom stereocenters. The molecule has 0 spiro atoms. The molecule has 104 valence electrons. The predicted octanol–water partition coefficient (Wildman–Crippen LogP) is 1.89. The lowest BCUT2D eigenvalue weighted by Crippen LogP contribution is -2.20. The van der Waals surface area contributed by atoms with Crippen LogP contribution in [0, 0.1) is 5.92 Å². The Morgan fingerprint density at radius 2 is 2.05 bits per heavy atom. The summed E-state index contributed by atoms with van der Waals surface area (Å²) in [5, 5.41) is 0. The van der Waals surface area contributed by atoms with Crippen LogP contribution in [0.5, 0.6) is 0 Å². The fraction of sp³-hybridized carbons (Fsp3) is 0.467. The van der Waals surface area contributed by atoms with Crippen LogP contribution >= 0.6 is 0 Å². The maximum Gasteiger partial charge on any atom is 0.293 e. The van der Waals surface area contributed by atoms with Gasteiger partial charge >= 0.3 is 0 Å². The predicted molar refractivity (Wildman–Crippen MR) is 73.6 cm³/mol. The molecule has 1 heterocycles. The number of hydrogen-bond acceptors (Lipinski definition) is 4. The third-order valence-electron chi connectivity index (χ3n) is 2.98. The van der Waals surface area contributed by atoms with Crippen molar-refractivity contribution < 1.29 is 14.3 Å². The number of carbonyl (C=O) groups excluding carboxylic acids is 2. The highest BCUT2D eigenvalue weighted by Gasteiger charge is 2.21. The van der Waals surface area contributed by atoms with Gasteiger partial charge in [0, 0.05) is 19.0 Å². The summed E-state index contributed by atoms with van der Waals surface area (Å²) in [5.41, 5.74) is 1.33. The monoisotopic (exact) mass is 263 g/mol. The van der Waals surface area contributed by atoms with E-state index < -0.39 is 0 Å². The second-order valence-electron chi connectivity index (χ2n) is 4.46. The first-order valence-corrected chi connectivity index (χ1v) is 6.57. The molecule has 0 aliphatic carbocycles. The Labute approximate surface area is 114 Å². The zero-order valence-electron chi connectivity index (χ0n) is 11.3. The number of nitrogens with zero attached hydrogens (tertiary/aromatic N) is 1. The van der Waals surface area contributed by atoms with Crippen molar-refractivity contribution in [2.45, 2.75) is 19.9 Å². The molecular formula is C15H21NO3. The quantitative estimate of drug-likeness (QED) is 0.761. The summed E-state index contributed by atoms with van der Waals surface area (Å²) in [6, 6.07) is 10.4. The van der Waals surface area contributed by atoms with E-state index >= 15 is 0 Å². The molecule has 0 N–H and O–H groups in total. The standard InChI is InChI=1S/C12H15NO.C3H6O2/c14-10-12-6-7-13(9-12)8-11-4-2-1-3-5-11;1-2-5-3-4/h1-5,10,12H,6-9H2;3H,2H2,1H3/t12-;/m0./s1. The Hall–Kier alpha value is -1.68. The normalized spacial score (nSPS) is 18.3. The van der Waals surface area contributed by atoms with Gasteiger partial charge in [-0.15, -0.1) is 0 Å². The van der Waals surface area contributed by atoms with Crippen LogP contribution in [0.2, 0.25) is 0 Å². The average molecular weight is 263 g/mol. The third-order valence-corrected chi connectivity index (χ3v) is 2.98. The molecule has 19 heavy (non-hydrogen) atoms. The zero-order valence-corrected chi connectivity index (χ0v) is 11.3. The van der Waals surface area contributed by atoms with Crippen LogP contribution < -0.4 is 0 Å². The van der Waals surface area contributed by atoms with E-state index in [-0.39, 0.29) is 5.92 Å². The first-order valence-electron chi connectivity index (χ1n) is 6.57. The minimum atomic E-state index is 0.263. The average Bonchev–Trinajstić information content (AvgIpc) is 2.89. The van der Waals surface area contributed by atoms with Gasteiger partial charge in [-0.2, -0.15) is 0 Å². The summed E-state index contributed by atoms with van der Waals surface area (Å²) in [4.78, 5) is 22.1. The van der Waals surface area contributed by atoms with E-state index in [9.17, 15) is 9.59 Å². The van der Waals surface area contributed by atoms with Crippen LogP contribution in [0.15, 0.2) is 30.3 Å².